The molecule has 0 aliphatic rings. The second-order valence-electron chi connectivity index (χ2n) is 4.18. The molecule has 0 amide bonds. The second kappa shape index (κ2) is 5.89. The number of fused-ring (bicyclic) bond motifs is 1. The van der Waals surface area contributed by atoms with Gasteiger partial charge in [-0.15, -0.1) is 0 Å². The molecule has 0 heterocycles. The van der Waals surface area contributed by atoms with Gasteiger partial charge < -0.3 is 13.8 Å². The minimum absolute atomic E-state index is 0.0967. The number of phosphoric ester groups is 2. The Morgan fingerprint density at radius 1 is 0.818 bits per heavy atom. The van der Waals surface area contributed by atoms with Gasteiger partial charge >= 0.3 is 15.6 Å². The lowest BCUT2D eigenvalue weighted by atomic mass is 10.1. The molecular formula is C11H12O9P2. The van der Waals surface area contributed by atoms with Crippen LogP contribution in [0.2, 0.25) is 0 Å². The van der Waals surface area contributed by atoms with Crippen molar-refractivity contribution in [2.75, 3.05) is 7.11 Å². The van der Waals surface area contributed by atoms with Crippen LogP contribution >= 0.6 is 15.6 Å². The first kappa shape index (κ1) is 16.8. The number of benzene rings is 2. The van der Waals surface area contributed by atoms with Gasteiger partial charge in [0.2, 0.25) is 0 Å². The molecule has 0 spiro atoms. The van der Waals surface area contributed by atoms with Crippen molar-refractivity contribution in [3.63, 3.8) is 0 Å². The first-order chi connectivity index (χ1) is 10.1. The fraction of sp³-hybridized carbons (Fsp3) is 0.0909. The van der Waals surface area contributed by atoms with Crippen molar-refractivity contribution in [1.82, 2.24) is 0 Å². The molecule has 9 nitrogen and oxygen atoms in total. The average molecular weight is 350 g/mol. The van der Waals surface area contributed by atoms with Crippen LogP contribution in [-0.2, 0) is 9.13 Å². The van der Waals surface area contributed by atoms with E-state index < -0.39 is 15.6 Å². The van der Waals surface area contributed by atoms with Gasteiger partial charge in [0.25, 0.3) is 0 Å². The number of hydrogen-bond donors (Lipinski definition) is 4. The summed E-state index contributed by atoms with van der Waals surface area (Å²) in [6, 6.07) is 6.86. The highest BCUT2D eigenvalue weighted by atomic mass is 31.2. The third kappa shape index (κ3) is 4.45. The molecule has 2 aromatic carbocycles. The molecule has 0 aliphatic heterocycles. The Kier molecular flexibility index (Phi) is 4.49. The van der Waals surface area contributed by atoms with Crippen molar-refractivity contribution < 1.29 is 42.5 Å². The summed E-state index contributed by atoms with van der Waals surface area (Å²) in [5.41, 5.74) is 0. The van der Waals surface area contributed by atoms with E-state index in [0.29, 0.717) is 10.8 Å². The van der Waals surface area contributed by atoms with Crippen LogP contribution in [0.4, 0.5) is 0 Å². The van der Waals surface area contributed by atoms with Crippen LogP contribution in [0.25, 0.3) is 10.8 Å². The van der Waals surface area contributed by atoms with Gasteiger partial charge in [-0.3, -0.25) is 19.6 Å². The topological polar surface area (TPSA) is 143 Å². The Labute approximate surface area is 124 Å². The standard InChI is InChI=1S/C11H12O9P2/c1-18-10-5-7-2-3-9(19-21(12,13)14)4-8(7)6-11(10)20-22(15,16)17/h2-6H,1H3,(H2,12,13,14)(H2,15,16,17). The molecule has 2 aromatic rings. The van der Waals surface area contributed by atoms with Crippen molar-refractivity contribution in [1.29, 1.82) is 0 Å². The monoisotopic (exact) mass is 350 g/mol. The van der Waals surface area contributed by atoms with Crippen molar-refractivity contribution in [3.8, 4) is 17.2 Å². The van der Waals surface area contributed by atoms with E-state index >= 15 is 0 Å². The summed E-state index contributed by atoms with van der Waals surface area (Å²) in [5, 5.41) is 0.975. The van der Waals surface area contributed by atoms with Gasteiger partial charge in [-0.25, -0.2) is 9.13 Å². The lowest BCUT2D eigenvalue weighted by molar-refractivity contribution is 0.276. The maximum atomic E-state index is 10.9. The molecule has 0 radical (unpaired) electrons. The third-order valence-corrected chi connectivity index (χ3v) is 3.42. The summed E-state index contributed by atoms with van der Waals surface area (Å²) in [6.45, 7) is 0. The number of methoxy groups -OCH3 is 1. The zero-order valence-electron chi connectivity index (χ0n) is 11.1. The molecule has 4 N–H and O–H groups in total. The van der Waals surface area contributed by atoms with Crippen molar-refractivity contribution in [3.05, 3.63) is 30.3 Å². The van der Waals surface area contributed by atoms with Crippen LogP contribution in [0.1, 0.15) is 0 Å². The van der Waals surface area contributed by atoms with Gasteiger partial charge in [0.05, 0.1) is 7.11 Å². The molecule has 120 valence electrons. The molecule has 0 aliphatic carbocycles. The Morgan fingerprint density at radius 3 is 1.95 bits per heavy atom. The highest BCUT2D eigenvalue weighted by Gasteiger charge is 2.20. The van der Waals surface area contributed by atoms with E-state index in [1.807, 2.05) is 0 Å². The van der Waals surface area contributed by atoms with Crippen molar-refractivity contribution in [2.45, 2.75) is 0 Å². The van der Waals surface area contributed by atoms with Crippen molar-refractivity contribution >= 4 is 26.4 Å². The van der Waals surface area contributed by atoms with E-state index in [2.05, 4.69) is 9.05 Å². The average Bonchev–Trinajstić information content (AvgIpc) is 2.34. The quantitative estimate of drug-likeness (QED) is 0.593. The lowest BCUT2D eigenvalue weighted by Crippen LogP contribution is -1.95. The Bertz CT molecular complexity index is 791. The summed E-state index contributed by atoms with van der Waals surface area (Å²) in [4.78, 5) is 35.3. The molecule has 0 aromatic heterocycles. The number of rotatable bonds is 5. The predicted molar refractivity (Wildman–Crippen MR) is 75.8 cm³/mol. The van der Waals surface area contributed by atoms with Gasteiger partial charge in [0, 0.05) is 0 Å². The van der Waals surface area contributed by atoms with E-state index in [0.717, 1.165) is 0 Å². The zero-order valence-corrected chi connectivity index (χ0v) is 12.9. The van der Waals surface area contributed by atoms with Crippen LogP contribution in [0, 0.1) is 0 Å². The Morgan fingerprint density at radius 2 is 1.41 bits per heavy atom. The van der Waals surface area contributed by atoms with Crippen LogP contribution in [0.5, 0.6) is 17.2 Å². The van der Waals surface area contributed by atoms with Gasteiger partial charge in [0.15, 0.2) is 11.5 Å². The first-order valence-corrected chi connectivity index (χ1v) is 8.75. The van der Waals surface area contributed by atoms with Crippen molar-refractivity contribution in [2.24, 2.45) is 0 Å². The minimum atomic E-state index is -4.79. The van der Waals surface area contributed by atoms with Gasteiger partial charge in [-0.1, -0.05) is 6.07 Å². The normalized spacial score (nSPS) is 12.2. The SMILES string of the molecule is COc1cc2ccc(OP(=O)(O)O)cc2cc1OP(=O)(O)O. The summed E-state index contributed by atoms with van der Waals surface area (Å²) < 4.78 is 35.7. The molecule has 0 bridgehead atoms. The highest BCUT2D eigenvalue weighted by molar-refractivity contribution is 7.47. The molecule has 0 atom stereocenters. The van der Waals surface area contributed by atoms with Gasteiger partial charge in [-0.2, -0.15) is 0 Å². The zero-order chi connectivity index (χ0) is 16.5. The van der Waals surface area contributed by atoms with E-state index in [9.17, 15) is 9.13 Å². The Hall–Kier alpha value is -1.60. The molecule has 0 unspecified atom stereocenters. The fourth-order valence-corrected chi connectivity index (χ4v) is 2.57. The molecule has 22 heavy (non-hydrogen) atoms. The molecular weight excluding hydrogens is 338 g/mol. The first-order valence-electron chi connectivity index (χ1n) is 5.69. The lowest BCUT2D eigenvalue weighted by Gasteiger charge is -2.13. The number of hydrogen-bond acceptors (Lipinski definition) is 5. The fourth-order valence-electron chi connectivity index (χ4n) is 1.79. The molecule has 2 rings (SSSR count). The minimum Gasteiger partial charge on any atom is -0.493 e. The van der Waals surface area contributed by atoms with E-state index in [4.69, 9.17) is 24.3 Å². The summed E-state index contributed by atoms with van der Waals surface area (Å²) in [7, 11) is -8.19. The molecule has 0 saturated carbocycles. The summed E-state index contributed by atoms with van der Waals surface area (Å²) in [5.74, 6) is -0.218. The van der Waals surface area contributed by atoms with Gasteiger partial charge in [-0.05, 0) is 35.0 Å². The summed E-state index contributed by atoms with van der Waals surface area (Å²) in [6.07, 6.45) is 0. The van der Waals surface area contributed by atoms with E-state index in [1.165, 1.54) is 37.4 Å². The molecule has 0 saturated heterocycles. The summed E-state index contributed by atoms with van der Waals surface area (Å²) >= 11 is 0. The van der Waals surface area contributed by atoms with E-state index in [-0.39, 0.29) is 17.2 Å². The predicted octanol–water partition coefficient (Wildman–Crippen LogP) is 1.79. The molecule has 0 fully saturated rings. The van der Waals surface area contributed by atoms with Gasteiger partial charge in [0.1, 0.15) is 5.75 Å². The second-order valence-corrected chi connectivity index (χ2v) is 6.50. The van der Waals surface area contributed by atoms with Crippen LogP contribution in [-0.4, -0.2) is 26.7 Å². The molecule has 11 heteroatoms. The maximum absolute atomic E-state index is 10.9. The number of ether oxygens (including phenoxy) is 1. The van der Waals surface area contributed by atoms with E-state index in [1.54, 1.807) is 0 Å². The maximum Gasteiger partial charge on any atom is 0.524 e. The number of phosphoric acid groups is 2. The smallest absolute Gasteiger partial charge is 0.493 e. The Balaban J connectivity index is 2.52. The van der Waals surface area contributed by atoms with Crippen LogP contribution in [0.15, 0.2) is 30.3 Å². The largest absolute Gasteiger partial charge is 0.524 e. The highest BCUT2D eigenvalue weighted by Crippen LogP contribution is 2.44. The third-order valence-electron chi connectivity index (χ3n) is 2.54. The van der Waals surface area contributed by atoms with Crippen LogP contribution < -0.4 is 13.8 Å². The van der Waals surface area contributed by atoms with Crippen LogP contribution in [0.3, 0.4) is 0 Å².